The lowest BCUT2D eigenvalue weighted by Crippen LogP contribution is -2.55. The number of unbranched alkanes of at least 4 members (excludes halogenated alkanes) is 3. The van der Waals surface area contributed by atoms with Gasteiger partial charge < -0.3 is 14.8 Å². The molecule has 0 bridgehead atoms. The second-order valence-electron chi connectivity index (χ2n) is 5.65. The Labute approximate surface area is 125 Å². The molecule has 0 radical (unpaired) electrons. The van der Waals surface area contributed by atoms with Crippen molar-refractivity contribution >= 4 is 0 Å². The van der Waals surface area contributed by atoms with Gasteiger partial charge in [-0.2, -0.15) is 0 Å². The van der Waals surface area contributed by atoms with E-state index in [9.17, 15) is 0 Å². The van der Waals surface area contributed by atoms with Crippen molar-refractivity contribution in [1.82, 2.24) is 5.32 Å². The van der Waals surface area contributed by atoms with E-state index in [1.165, 1.54) is 25.7 Å². The Morgan fingerprint density at radius 2 is 2.00 bits per heavy atom. The van der Waals surface area contributed by atoms with E-state index in [1.54, 1.807) is 0 Å². The fourth-order valence-electron chi connectivity index (χ4n) is 3.21. The summed E-state index contributed by atoms with van der Waals surface area (Å²) in [5, 5.41) is 3.67. The summed E-state index contributed by atoms with van der Waals surface area (Å²) in [4.78, 5) is 0. The molecule has 1 unspecified atom stereocenters. The molecule has 1 atom stereocenters. The van der Waals surface area contributed by atoms with E-state index >= 15 is 0 Å². The first-order valence-corrected chi connectivity index (χ1v) is 8.35. The number of likely N-dealkylation sites (N-methyl/N-ethyl adjacent to an activating group) is 1. The molecule has 1 aliphatic rings. The van der Waals surface area contributed by atoms with Crippen LogP contribution in [0.2, 0.25) is 0 Å². The summed E-state index contributed by atoms with van der Waals surface area (Å²) < 4.78 is 11.7. The minimum absolute atomic E-state index is 0.0125. The predicted molar refractivity (Wildman–Crippen MR) is 85.2 cm³/mol. The van der Waals surface area contributed by atoms with Gasteiger partial charge in [0.1, 0.15) is 0 Å². The molecule has 1 fully saturated rings. The minimum Gasteiger partial charge on any atom is -0.381 e. The third-order valence-corrected chi connectivity index (χ3v) is 4.26. The molecule has 1 saturated heterocycles. The van der Waals surface area contributed by atoms with Crippen LogP contribution in [0, 0.1) is 0 Å². The van der Waals surface area contributed by atoms with Gasteiger partial charge in [-0.1, -0.05) is 25.8 Å². The maximum atomic E-state index is 6.20. The molecule has 1 heterocycles. The van der Waals surface area contributed by atoms with Crippen LogP contribution in [0.5, 0.6) is 0 Å². The Morgan fingerprint density at radius 1 is 1.25 bits per heavy atom. The van der Waals surface area contributed by atoms with Gasteiger partial charge in [-0.15, -0.1) is 6.58 Å². The van der Waals surface area contributed by atoms with Crippen LogP contribution in [0.1, 0.15) is 58.8 Å². The molecule has 1 rings (SSSR count). The van der Waals surface area contributed by atoms with Crippen LogP contribution in [0.4, 0.5) is 0 Å². The maximum absolute atomic E-state index is 6.20. The van der Waals surface area contributed by atoms with Gasteiger partial charge in [0.2, 0.25) is 0 Å². The van der Waals surface area contributed by atoms with E-state index in [4.69, 9.17) is 9.47 Å². The van der Waals surface area contributed by atoms with Crippen LogP contribution in [0.3, 0.4) is 0 Å². The zero-order valence-corrected chi connectivity index (χ0v) is 13.5. The maximum Gasteiger partial charge on any atom is 0.0878 e. The molecule has 20 heavy (non-hydrogen) atoms. The van der Waals surface area contributed by atoms with Gasteiger partial charge in [0.15, 0.2) is 0 Å². The third-order valence-electron chi connectivity index (χ3n) is 4.26. The summed E-state index contributed by atoms with van der Waals surface area (Å²) in [6, 6.07) is 0.458. The first-order chi connectivity index (χ1) is 9.79. The molecule has 0 aromatic rings. The molecule has 0 saturated carbocycles. The van der Waals surface area contributed by atoms with Crippen LogP contribution < -0.4 is 5.32 Å². The molecule has 3 heteroatoms. The van der Waals surface area contributed by atoms with Crippen molar-refractivity contribution in [3.8, 4) is 0 Å². The fourth-order valence-corrected chi connectivity index (χ4v) is 3.21. The molecule has 0 aliphatic carbocycles. The molecule has 1 N–H and O–H groups in total. The molecule has 118 valence electrons. The largest absolute Gasteiger partial charge is 0.381 e. The Hall–Kier alpha value is -0.380. The zero-order chi connectivity index (χ0) is 14.7. The lowest BCUT2D eigenvalue weighted by Gasteiger charge is -2.43. The summed E-state index contributed by atoms with van der Waals surface area (Å²) in [7, 11) is 0. The normalized spacial score (nSPS) is 19.7. The summed E-state index contributed by atoms with van der Waals surface area (Å²) in [5.74, 6) is 0. The molecular weight excluding hydrogens is 250 g/mol. The first kappa shape index (κ1) is 17.7. The van der Waals surface area contributed by atoms with Gasteiger partial charge in [0.05, 0.1) is 5.60 Å². The summed E-state index contributed by atoms with van der Waals surface area (Å²) >= 11 is 0. The highest BCUT2D eigenvalue weighted by Gasteiger charge is 2.40. The number of hydrogen-bond acceptors (Lipinski definition) is 3. The highest BCUT2D eigenvalue weighted by Crippen LogP contribution is 2.31. The van der Waals surface area contributed by atoms with E-state index < -0.39 is 0 Å². The van der Waals surface area contributed by atoms with E-state index in [1.807, 2.05) is 6.08 Å². The molecular formula is C17H33NO2. The van der Waals surface area contributed by atoms with Crippen molar-refractivity contribution in [2.45, 2.75) is 70.4 Å². The quantitative estimate of drug-likeness (QED) is 0.463. The van der Waals surface area contributed by atoms with E-state index in [0.29, 0.717) is 6.04 Å². The van der Waals surface area contributed by atoms with Crippen molar-refractivity contribution in [1.29, 1.82) is 0 Å². The van der Waals surface area contributed by atoms with Gasteiger partial charge in [0, 0.05) is 38.7 Å². The third kappa shape index (κ3) is 5.55. The average Bonchev–Trinajstić information content (AvgIpc) is 2.47. The van der Waals surface area contributed by atoms with E-state index in [2.05, 4.69) is 25.7 Å². The van der Waals surface area contributed by atoms with Gasteiger partial charge in [0.25, 0.3) is 0 Å². The highest BCUT2D eigenvalue weighted by molar-refractivity contribution is 4.95. The zero-order valence-electron chi connectivity index (χ0n) is 13.5. The van der Waals surface area contributed by atoms with Gasteiger partial charge in [-0.3, -0.25) is 0 Å². The van der Waals surface area contributed by atoms with Crippen LogP contribution >= 0.6 is 0 Å². The van der Waals surface area contributed by atoms with Crippen LogP contribution in [0.25, 0.3) is 0 Å². The Kier molecular flexibility index (Phi) is 9.16. The van der Waals surface area contributed by atoms with Crippen molar-refractivity contribution in [3.63, 3.8) is 0 Å². The second kappa shape index (κ2) is 10.4. The number of hydrogen-bond donors (Lipinski definition) is 1. The molecule has 0 spiro atoms. The van der Waals surface area contributed by atoms with Crippen molar-refractivity contribution in [2.75, 3.05) is 26.4 Å². The number of allylic oxidation sites excluding steroid dienone is 1. The van der Waals surface area contributed by atoms with Gasteiger partial charge in [-0.05, 0) is 32.7 Å². The molecule has 1 aliphatic heterocycles. The number of nitrogens with one attached hydrogen (secondary N) is 1. The first-order valence-electron chi connectivity index (χ1n) is 8.35. The molecule has 3 nitrogen and oxygen atoms in total. The van der Waals surface area contributed by atoms with Crippen molar-refractivity contribution < 1.29 is 9.47 Å². The van der Waals surface area contributed by atoms with Crippen LogP contribution in [-0.4, -0.2) is 38.0 Å². The SMILES string of the molecule is C=CCCCCCC(NCC)C1(OCC)CCOCC1. The Bertz CT molecular complexity index is 244. The Balaban J connectivity index is 2.52. The van der Waals surface area contributed by atoms with Crippen LogP contribution in [-0.2, 0) is 9.47 Å². The topological polar surface area (TPSA) is 30.5 Å². The fraction of sp³-hybridized carbons (Fsp3) is 0.882. The number of rotatable bonds is 11. The highest BCUT2D eigenvalue weighted by atomic mass is 16.5. The van der Waals surface area contributed by atoms with E-state index in [-0.39, 0.29) is 5.60 Å². The van der Waals surface area contributed by atoms with Crippen LogP contribution in [0.15, 0.2) is 12.7 Å². The molecule has 0 aromatic heterocycles. The second-order valence-corrected chi connectivity index (χ2v) is 5.65. The van der Waals surface area contributed by atoms with Gasteiger partial charge >= 0.3 is 0 Å². The minimum atomic E-state index is -0.0125. The van der Waals surface area contributed by atoms with Crippen molar-refractivity contribution in [2.24, 2.45) is 0 Å². The smallest absolute Gasteiger partial charge is 0.0878 e. The van der Waals surface area contributed by atoms with Gasteiger partial charge in [-0.25, -0.2) is 0 Å². The molecule has 0 aromatic carbocycles. The lowest BCUT2D eigenvalue weighted by molar-refractivity contribution is -0.128. The Morgan fingerprint density at radius 3 is 2.60 bits per heavy atom. The lowest BCUT2D eigenvalue weighted by atomic mass is 9.83. The summed E-state index contributed by atoms with van der Waals surface area (Å²) in [5.41, 5.74) is -0.0125. The molecule has 0 amide bonds. The monoisotopic (exact) mass is 283 g/mol. The number of ether oxygens (including phenoxy) is 2. The predicted octanol–water partition coefficient (Wildman–Crippen LogP) is 3.69. The summed E-state index contributed by atoms with van der Waals surface area (Å²) in [6.45, 7) is 11.5. The van der Waals surface area contributed by atoms with Crippen molar-refractivity contribution in [3.05, 3.63) is 12.7 Å². The summed E-state index contributed by atoms with van der Waals surface area (Å²) in [6.07, 6.45) is 10.2. The average molecular weight is 283 g/mol. The standard InChI is InChI=1S/C17H33NO2/c1-4-7-8-9-10-11-16(18-5-2)17(20-6-3)12-14-19-15-13-17/h4,16,18H,1,5-15H2,2-3H3. The van der Waals surface area contributed by atoms with E-state index in [0.717, 1.165) is 45.6 Å².